The van der Waals surface area contributed by atoms with Crippen molar-refractivity contribution < 1.29 is 4.79 Å². The molecule has 0 unspecified atom stereocenters. The highest BCUT2D eigenvalue weighted by atomic mass is 35.5. The number of carbonyl (C=O) groups excluding carboxylic acids is 1. The third kappa shape index (κ3) is 3.59. The lowest BCUT2D eigenvalue weighted by Crippen LogP contribution is -2.24. The molecule has 0 aliphatic rings. The maximum absolute atomic E-state index is 10.3. The molecule has 1 rings (SSSR count). The number of benzene rings is 1. The van der Waals surface area contributed by atoms with E-state index in [-0.39, 0.29) is 0 Å². The standard InChI is InChI=1S/C10H12ClN3O/c1-2-8-5-7(3-4-9(8)11)6-13-14-10(12)15/h3-6H,2H2,1H3,(H3,12,14,15). The molecule has 0 bridgehead atoms. The summed E-state index contributed by atoms with van der Waals surface area (Å²) in [5.41, 5.74) is 8.88. The predicted octanol–water partition coefficient (Wildman–Crippen LogP) is 1.90. The van der Waals surface area contributed by atoms with E-state index in [0.29, 0.717) is 0 Å². The predicted molar refractivity (Wildman–Crippen MR) is 61.1 cm³/mol. The van der Waals surface area contributed by atoms with Crippen LogP contribution in [0.15, 0.2) is 23.3 Å². The van der Waals surface area contributed by atoms with E-state index in [4.69, 9.17) is 17.3 Å². The molecule has 0 fully saturated rings. The van der Waals surface area contributed by atoms with E-state index in [1.165, 1.54) is 6.21 Å². The Morgan fingerprint density at radius 3 is 3.00 bits per heavy atom. The van der Waals surface area contributed by atoms with E-state index >= 15 is 0 Å². The molecule has 0 saturated heterocycles. The summed E-state index contributed by atoms with van der Waals surface area (Å²) in [6, 6.07) is 4.84. The van der Waals surface area contributed by atoms with Gasteiger partial charge in [-0.2, -0.15) is 5.10 Å². The summed E-state index contributed by atoms with van der Waals surface area (Å²) in [7, 11) is 0. The second-order valence-corrected chi connectivity index (χ2v) is 3.35. The summed E-state index contributed by atoms with van der Waals surface area (Å²) in [4.78, 5) is 10.3. The van der Waals surface area contributed by atoms with Crippen molar-refractivity contribution in [3.63, 3.8) is 0 Å². The van der Waals surface area contributed by atoms with E-state index in [9.17, 15) is 4.79 Å². The molecule has 1 aromatic rings. The van der Waals surface area contributed by atoms with Gasteiger partial charge in [-0.05, 0) is 29.7 Å². The quantitative estimate of drug-likeness (QED) is 0.599. The highest BCUT2D eigenvalue weighted by Crippen LogP contribution is 2.17. The number of hydrogen-bond acceptors (Lipinski definition) is 2. The van der Waals surface area contributed by atoms with Gasteiger partial charge < -0.3 is 5.73 Å². The Balaban J connectivity index is 2.78. The summed E-state index contributed by atoms with van der Waals surface area (Å²) < 4.78 is 0. The zero-order valence-electron chi connectivity index (χ0n) is 8.33. The van der Waals surface area contributed by atoms with E-state index in [0.717, 1.165) is 22.6 Å². The van der Waals surface area contributed by atoms with Crippen molar-refractivity contribution in [3.8, 4) is 0 Å². The van der Waals surface area contributed by atoms with Crippen molar-refractivity contribution in [1.82, 2.24) is 5.43 Å². The SMILES string of the molecule is CCc1cc(C=NNC(N)=O)ccc1Cl. The lowest BCUT2D eigenvalue weighted by atomic mass is 10.1. The molecule has 0 saturated carbocycles. The van der Waals surface area contributed by atoms with Gasteiger partial charge in [-0.15, -0.1) is 0 Å². The number of urea groups is 1. The number of carbonyl (C=O) groups is 1. The maximum atomic E-state index is 10.3. The van der Waals surface area contributed by atoms with Crippen LogP contribution in [0.3, 0.4) is 0 Å². The molecule has 4 nitrogen and oxygen atoms in total. The van der Waals surface area contributed by atoms with E-state index < -0.39 is 6.03 Å². The first-order valence-electron chi connectivity index (χ1n) is 4.50. The first kappa shape index (κ1) is 11.5. The lowest BCUT2D eigenvalue weighted by Gasteiger charge is -2.01. The van der Waals surface area contributed by atoms with Crippen molar-refractivity contribution in [1.29, 1.82) is 0 Å². The molecule has 0 atom stereocenters. The van der Waals surface area contributed by atoms with Gasteiger partial charge in [-0.3, -0.25) is 0 Å². The average molecular weight is 226 g/mol. The molecule has 0 aliphatic heterocycles. The lowest BCUT2D eigenvalue weighted by molar-refractivity contribution is 0.249. The summed E-state index contributed by atoms with van der Waals surface area (Å²) >= 11 is 5.95. The fraction of sp³-hybridized carbons (Fsp3) is 0.200. The molecule has 0 radical (unpaired) electrons. The van der Waals surface area contributed by atoms with Gasteiger partial charge in [0.05, 0.1) is 6.21 Å². The molecule has 0 aromatic heterocycles. The molecule has 2 amide bonds. The number of amides is 2. The third-order valence-electron chi connectivity index (χ3n) is 1.84. The Hall–Kier alpha value is -1.55. The molecular formula is C10H12ClN3O. The van der Waals surface area contributed by atoms with E-state index in [1.54, 1.807) is 6.07 Å². The second-order valence-electron chi connectivity index (χ2n) is 2.94. The Labute approximate surface area is 93.1 Å². The highest BCUT2D eigenvalue weighted by Gasteiger charge is 1.98. The molecular weight excluding hydrogens is 214 g/mol. The van der Waals surface area contributed by atoms with Gasteiger partial charge in [0, 0.05) is 5.02 Å². The van der Waals surface area contributed by atoms with Gasteiger partial charge in [0.25, 0.3) is 0 Å². The van der Waals surface area contributed by atoms with Crippen LogP contribution in [0.4, 0.5) is 4.79 Å². The Bertz CT molecular complexity index is 390. The van der Waals surface area contributed by atoms with Crippen molar-refractivity contribution in [2.75, 3.05) is 0 Å². The average Bonchev–Trinajstić information content (AvgIpc) is 2.20. The van der Waals surface area contributed by atoms with Crippen LogP contribution in [0.5, 0.6) is 0 Å². The van der Waals surface area contributed by atoms with Crippen LogP contribution in [0, 0.1) is 0 Å². The first-order valence-corrected chi connectivity index (χ1v) is 4.88. The number of rotatable bonds is 3. The van der Waals surface area contributed by atoms with Gasteiger partial charge >= 0.3 is 6.03 Å². The maximum Gasteiger partial charge on any atom is 0.332 e. The number of hydrogen-bond donors (Lipinski definition) is 2. The minimum atomic E-state index is -0.684. The van der Waals surface area contributed by atoms with Crippen LogP contribution in [0.2, 0.25) is 5.02 Å². The molecule has 0 aliphatic carbocycles. The number of aryl methyl sites for hydroxylation is 1. The highest BCUT2D eigenvalue weighted by molar-refractivity contribution is 6.31. The van der Waals surface area contributed by atoms with Crippen LogP contribution >= 0.6 is 11.6 Å². The van der Waals surface area contributed by atoms with Crippen molar-refractivity contribution >= 4 is 23.8 Å². The number of nitrogens with zero attached hydrogens (tertiary/aromatic N) is 1. The fourth-order valence-electron chi connectivity index (χ4n) is 1.12. The Morgan fingerprint density at radius 2 is 2.40 bits per heavy atom. The van der Waals surface area contributed by atoms with Crippen molar-refractivity contribution in [2.24, 2.45) is 10.8 Å². The Morgan fingerprint density at radius 1 is 1.67 bits per heavy atom. The van der Waals surface area contributed by atoms with Crippen LogP contribution in [-0.2, 0) is 6.42 Å². The van der Waals surface area contributed by atoms with Gasteiger partial charge in [0.1, 0.15) is 0 Å². The van der Waals surface area contributed by atoms with Crippen molar-refractivity contribution in [2.45, 2.75) is 13.3 Å². The molecule has 0 heterocycles. The van der Waals surface area contributed by atoms with Crippen LogP contribution < -0.4 is 11.2 Å². The summed E-state index contributed by atoms with van der Waals surface area (Å²) in [6.07, 6.45) is 2.37. The van der Waals surface area contributed by atoms with Gasteiger partial charge in [-0.25, -0.2) is 10.2 Å². The molecule has 15 heavy (non-hydrogen) atoms. The molecule has 0 spiro atoms. The van der Waals surface area contributed by atoms with Crippen LogP contribution in [0.1, 0.15) is 18.1 Å². The normalized spacial score (nSPS) is 10.5. The minimum Gasteiger partial charge on any atom is -0.350 e. The Kier molecular flexibility index (Phi) is 4.12. The second kappa shape index (κ2) is 5.36. The van der Waals surface area contributed by atoms with E-state index in [1.807, 2.05) is 19.1 Å². The number of halogens is 1. The van der Waals surface area contributed by atoms with Gasteiger partial charge in [-0.1, -0.05) is 24.6 Å². The largest absolute Gasteiger partial charge is 0.350 e. The van der Waals surface area contributed by atoms with Gasteiger partial charge in [0.2, 0.25) is 0 Å². The molecule has 1 aromatic carbocycles. The summed E-state index contributed by atoms with van der Waals surface area (Å²) in [5, 5.41) is 4.39. The summed E-state index contributed by atoms with van der Waals surface area (Å²) in [5.74, 6) is 0. The number of nitrogens with two attached hydrogens (primary N) is 1. The monoisotopic (exact) mass is 225 g/mol. The smallest absolute Gasteiger partial charge is 0.332 e. The first-order chi connectivity index (χ1) is 7.13. The van der Waals surface area contributed by atoms with Crippen LogP contribution in [0.25, 0.3) is 0 Å². The molecule has 80 valence electrons. The molecule has 5 heteroatoms. The van der Waals surface area contributed by atoms with E-state index in [2.05, 4.69) is 10.5 Å². The number of nitrogens with one attached hydrogen (secondary N) is 1. The third-order valence-corrected chi connectivity index (χ3v) is 2.21. The number of hydrazone groups is 1. The molecule has 3 N–H and O–H groups in total. The number of primary amides is 1. The zero-order chi connectivity index (χ0) is 11.3. The summed E-state index contributed by atoms with van der Waals surface area (Å²) in [6.45, 7) is 2.02. The fourth-order valence-corrected chi connectivity index (χ4v) is 1.37. The van der Waals surface area contributed by atoms with Crippen LogP contribution in [-0.4, -0.2) is 12.2 Å². The zero-order valence-corrected chi connectivity index (χ0v) is 9.08. The van der Waals surface area contributed by atoms with Crippen molar-refractivity contribution in [3.05, 3.63) is 34.3 Å². The minimum absolute atomic E-state index is 0.684. The topological polar surface area (TPSA) is 67.5 Å². The van der Waals surface area contributed by atoms with Gasteiger partial charge in [0.15, 0.2) is 0 Å².